The first-order chi connectivity index (χ1) is 9.94. The predicted molar refractivity (Wildman–Crippen MR) is 79.9 cm³/mol. The summed E-state index contributed by atoms with van der Waals surface area (Å²) in [5, 5.41) is 6.69. The van der Waals surface area contributed by atoms with Gasteiger partial charge in [0.05, 0.1) is 22.0 Å². The normalized spacial score (nSPS) is 11.4. The quantitative estimate of drug-likeness (QED) is 0.741. The summed E-state index contributed by atoms with van der Waals surface area (Å²) in [7, 11) is -3.66. The smallest absolute Gasteiger partial charge is 0.262 e. The molecule has 4 N–H and O–H groups in total. The first-order valence-corrected chi connectivity index (χ1v) is 7.89. The molecule has 1 aromatic heterocycles. The van der Waals surface area contributed by atoms with Gasteiger partial charge < -0.3 is 10.5 Å². The van der Waals surface area contributed by atoms with E-state index in [9.17, 15) is 8.42 Å². The van der Waals surface area contributed by atoms with Crippen LogP contribution in [0.2, 0.25) is 0 Å². The SMILES string of the molecule is Cc1n[nH]c(C)c1NS(=O)(=O)c1ccc(OCCN)cc1. The third kappa shape index (κ3) is 3.53. The van der Waals surface area contributed by atoms with E-state index in [-0.39, 0.29) is 4.90 Å². The van der Waals surface area contributed by atoms with E-state index in [0.29, 0.717) is 36.0 Å². The van der Waals surface area contributed by atoms with Crippen molar-refractivity contribution >= 4 is 15.7 Å². The highest BCUT2D eigenvalue weighted by Gasteiger charge is 2.18. The number of H-pyrrole nitrogens is 1. The van der Waals surface area contributed by atoms with Crippen LogP contribution in [-0.2, 0) is 10.0 Å². The predicted octanol–water partition coefficient (Wildman–Crippen LogP) is 1.16. The molecule has 0 amide bonds. The van der Waals surface area contributed by atoms with Gasteiger partial charge in [0.2, 0.25) is 0 Å². The summed E-state index contributed by atoms with van der Waals surface area (Å²) >= 11 is 0. The fourth-order valence-corrected chi connectivity index (χ4v) is 2.97. The summed E-state index contributed by atoms with van der Waals surface area (Å²) in [6, 6.07) is 6.16. The van der Waals surface area contributed by atoms with Crippen molar-refractivity contribution in [1.29, 1.82) is 0 Å². The Hall–Kier alpha value is -2.06. The number of benzene rings is 1. The Morgan fingerprint density at radius 2 is 1.95 bits per heavy atom. The van der Waals surface area contributed by atoms with Gasteiger partial charge in [0.15, 0.2) is 0 Å². The van der Waals surface area contributed by atoms with E-state index in [4.69, 9.17) is 10.5 Å². The number of hydrogen-bond donors (Lipinski definition) is 3. The standard InChI is InChI=1S/C13H18N4O3S/c1-9-13(10(2)16-15-9)17-21(18,19)12-5-3-11(4-6-12)20-8-7-14/h3-6,17H,7-8,14H2,1-2H3,(H,15,16). The van der Waals surface area contributed by atoms with E-state index in [1.54, 1.807) is 26.0 Å². The van der Waals surface area contributed by atoms with E-state index in [1.165, 1.54) is 12.1 Å². The van der Waals surface area contributed by atoms with Gasteiger partial charge in [-0.3, -0.25) is 9.82 Å². The molecule has 0 aliphatic carbocycles. The summed E-state index contributed by atoms with van der Waals surface area (Å²) in [5.74, 6) is 0.579. The maximum atomic E-state index is 12.3. The van der Waals surface area contributed by atoms with Crippen molar-refractivity contribution in [2.24, 2.45) is 5.73 Å². The number of rotatable bonds is 6. The van der Waals surface area contributed by atoms with Crippen LogP contribution in [0, 0.1) is 13.8 Å². The maximum Gasteiger partial charge on any atom is 0.262 e. The van der Waals surface area contributed by atoms with Crippen molar-refractivity contribution in [2.75, 3.05) is 17.9 Å². The van der Waals surface area contributed by atoms with E-state index < -0.39 is 10.0 Å². The molecule has 0 spiro atoms. The van der Waals surface area contributed by atoms with Crippen molar-refractivity contribution in [3.8, 4) is 5.75 Å². The molecule has 0 fully saturated rings. The fraction of sp³-hybridized carbons (Fsp3) is 0.308. The second-order valence-corrected chi connectivity index (χ2v) is 6.21. The number of hydrogen-bond acceptors (Lipinski definition) is 5. The molecule has 0 radical (unpaired) electrons. The van der Waals surface area contributed by atoms with Gasteiger partial charge in [0, 0.05) is 6.54 Å². The van der Waals surface area contributed by atoms with Crippen molar-refractivity contribution in [3.63, 3.8) is 0 Å². The first-order valence-electron chi connectivity index (χ1n) is 6.41. The third-order valence-corrected chi connectivity index (χ3v) is 4.25. The molecule has 0 saturated carbocycles. The zero-order valence-corrected chi connectivity index (χ0v) is 12.7. The molecule has 7 nitrogen and oxygen atoms in total. The number of ether oxygens (including phenoxy) is 1. The van der Waals surface area contributed by atoms with Crippen LogP contribution in [0.3, 0.4) is 0 Å². The Morgan fingerprint density at radius 1 is 1.29 bits per heavy atom. The van der Waals surface area contributed by atoms with E-state index in [2.05, 4.69) is 14.9 Å². The zero-order valence-electron chi connectivity index (χ0n) is 11.9. The minimum Gasteiger partial charge on any atom is -0.492 e. The molecule has 0 unspecified atom stereocenters. The lowest BCUT2D eigenvalue weighted by atomic mass is 10.3. The molecule has 21 heavy (non-hydrogen) atoms. The molecule has 0 atom stereocenters. The molecular formula is C13H18N4O3S. The summed E-state index contributed by atoms with van der Waals surface area (Å²) in [4.78, 5) is 0.155. The number of aryl methyl sites for hydroxylation is 2. The Balaban J connectivity index is 2.20. The number of aromatic nitrogens is 2. The average Bonchev–Trinajstić information content (AvgIpc) is 2.77. The molecule has 0 saturated heterocycles. The molecule has 0 bridgehead atoms. The Labute approximate surface area is 123 Å². The Morgan fingerprint density at radius 3 is 2.48 bits per heavy atom. The zero-order chi connectivity index (χ0) is 15.5. The molecule has 2 aromatic rings. The van der Waals surface area contributed by atoms with Crippen LogP contribution in [0.15, 0.2) is 29.2 Å². The number of nitrogens with zero attached hydrogens (tertiary/aromatic N) is 1. The van der Waals surface area contributed by atoms with Gasteiger partial charge in [-0.2, -0.15) is 5.10 Å². The minimum atomic E-state index is -3.66. The van der Waals surface area contributed by atoms with Crippen LogP contribution in [-0.4, -0.2) is 31.8 Å². The number of sulfonamides is 1. The van der Waals surface area contributed by atoms with Crippen LogP contribution in [0.5, 0.6) is 5.75 Å². The maximum absolute atomic E-state index is 12.3. The average molecular weight is 310 g/mol. The number of nitrogens with one attached hydrogen (secondary N) is 2. The molecule has 114 valence electrons. The van der Waals surface area contributed by atoms with Gasteiger partial charge in [-0.05, 0) is 38.1 Å². The van der Waals surface area contributed by atoms with Gasteiger partial charge in [0.25, 0.3) is 10.0 Å². The van der Waals surface area contributed by atoms with Crippen LogP contribution >= 0.6 is 0 Å². The van der Waals surface area contributed by atoms with Gasteiger partial charge in [0.1, 0.15) is 12.4 Å². The van der Waals surface area contributed by atoms with Gasteiger partial charge in [-0.25, -0.2) is 8.42 Å². The lowest BCUT2D eigenvalue weighted by molar-refractivity contribution is 0.328. The molecule has 8 heteroatoms. The molecule has 0 aliphatic heterocycles. The van der Waals surface area contributed by atoms with E-state index in [1.807, 2.05) is 0 Å². The van der Waals surface area contributed by atoms with E-state index in [0.717, 1.165) is 0 Å². The first kappa shape index (κ1) is 15.3. The summed E-state index contributed by atoms with van der Waals surface area (Å²) in [5.41, 5.74) is 7.07. The van der Waals surface area contributed by atoms with Crippen molar-refractivity contribution < 1.29 is 13.2 Å². The lowest BCUT2D eigenvalue weighted by Crippen LogP contribution is -2.14. The van der Waals surface area contributed by atoms with Crippen molar-refractivity contribution in [3.05, 3.63) is 35.7 Å². The molecule has 2 rings (SSSR count). The molecule has 1 heterocycles. The summed E-state index contributed by atoms with van der Waals surface area (Å²) in [6.45, 7) is 4.27. The molecule has 0 aliphatic rings. The largest absolute Gasteiger partial charge is 0.492 e. The number of nitrogens with two attached hydrogens (primary N) is 1. The highest BCUT2D eigenvalue weighted by Crippen LogP contribution is 2.22. The van der Waals surface area contributed by atoms with Crippen molar-refractivity contribution in [2.45, 2.75) is 18.7 Å². The summed E-state index contributed by atoms with van der Waals surface area (Å²) in [6.07, 6.45) is 0. The van der Waals surface area contributed by atoms with Crippen LogP contribution < -0.4 is 15.2 Å². The van der Waals surface area contributed by atoms with Crippen LogP contribution in [0.1, 0.15) is 11.4 Å². The van der Waals surface area contributed by atoms with Crippen LogP contribution in [0.4, 0.5) is 5.69 Å². The Kier molecular flexibility index (Phi) is 4.49. The highest BCUT2D eigenvalue weighted by atomic mass is 32.2. The van der Waals surface area contributed by atoms with Gasteiger partial charge >= 0.3 is 0 Å². The van der Waals surface area contributed by atoms with Crippen LogP contribution in [0.25, 0.3) is 0 Å². The lowest BCUT2D eigenvalue weighted by Gasteiger charge is -2.09. The number of aromatic amines is 1. The second-order valence-electron chi connectivity index (χ2n) is 4.52. The fourth-order valence-electron chi connectivity index (χ4n) is 1.79. The van der Waals surface area contributed by atoms with Crippen molar-refractivity contribution in [1.82, 2.24) is 10.2 Å². The van der Waals surface area contributed by atoms with E-state index >= 15 is 0 Å². The molecule has 1 aromatic carbocycles. The topological polar surface area (TPSA) is 110 Å². The minimum absolute atomic E-state index is 0.155. The monoisotopic (exact) mass is 310 g/mol. The number of anilines is 1. The Bertz CT molecular complexity index is 688. The highest BCUT2D eigenvalue weighted by molar-refractivity contribution is 7.92. The summed E-state index contributed by atoms with van der Waals surface area (Å²) < 4.78 is 32.5. The molecular weight excluding hydrogens is 292 g/mol. The van der Waals surface area contributed by atoms with Gasteiger partial charge in [-0.15, -0.1) is 0 Å². The second kappa shape index (κ2) is 6.15. The van der Waals surface area contributed by atoms with Gasteiger partial charge in [-0.1, -0.05) is 0 Å². The third-order valence-electron chi connectivity index (χ3n) is 2.89.